The number of piperidine rings is 1. The summed E-state index contributed by atoms with van der Waals surface area (Å²) in [5.41, 5.74) is 0.309. The number of carbonyl (C=O) groups is 1. The average Bonchev–Trinajstić information content (AvgIpc) is 2.82. The number of nitrogens with one attached hydrogen (secondary N) is 1. The lowest BCUT2D eigenvalue weighted by atomic mass is 9.92. The van der Waals surface area contributed by atoms with Crippen LogP contribution in [0.1, 0.15) is 12.8 Å². The Bertz CT molecular complexity index is 474. The Morgan fingerprint density at radius 1 is 1.26 bits per heavy atom. The minimum Gasteiger partial charge on any atom is -0.444 e. The number of ether oxygens (including phenoxy) is 1. The molecule has 1 amide bonds. The van der Waals surface area contributed by atoms with Crippen molar-refractivity contribution in [2.45, 2.75) is 18.9 Å². The molecule has 2 saturated heterocycles. The number of para-hydroxylation sites is 1. The number of nitrogens with zero attached hydrogens (tertiary/aromatic N) is 1. The highest BCUT2D eigenvalue weighted by Gasteiger charge is 2.38. The molecule has 0 radical (unpaired) electrons. The van der Waals surface area contributed by atoms with Gasteiger partial charge in [-0.25, -0.2) is 9.18 Å². The van der Waals surface area contributed by atoms with Gasteiger partial charge in [0.05, 0.1) is 12.2 Å². The van der Waals surface area contributed by atoms with Gasteiger partial charge in [0.2, 0.25) is 0 Å². The first-order valence-corrected chi connectivity index (χ1v) is 6.69. The first-order chi connectivity index (χ1) is 9.25. The van der Waals surface area contributed by atoms with Crippen LogP contribution in [-0.2, 0) is 4.74 Å². The third-order valence-electron chi connectivity index (χ3n) is 3.89. The number of hydrogen-bond donors (Lipinski definition) is 1. The van der Waals surface area contributed by atoms with Gasteiger partial charge in [0.15, 0.2) is 0 Å². The molecule has 4 nitrogen and oxygen atoms in total. The van der Waals surface area contributed by atoms with E-state index in [1.165, 1.54) is 11.0 Å². The van der Waals surface area contributed by atoms with E-state index >= 15 is 0 Å². The van der Waals surface area contributed by atoms with E-state index in [4.69, 9.17) is 4.74 Å². The second kappa shape index (κ2) is 5.17. The first kappa shape index (κ1) is 12.4. The molecule has 2 fully saturated rings. The zero-order valence-electron chi connectivity index (χ0n) is 10.6. The standard InChI is InChI=1S/C14H17FN2O2/c15-11-3-1-2-4-12(11)17-9-13(19-14(17)18)10-5-7-16-8-6-10/h1-4,10,13,16H,5-9H2. The van der Waals surface area contributed by atoms with Gasteiger partial charge < -0.3 is 10.1 Å². The second-order valence-corrected chi connectivity index (χ2v) is 5.07. The van der Waals surface area contributed by atoms with Gasteiger partial charge in [-0.15, -0.1) is 0 Å². The van der Waals surface area contributed by atoms with Crippen LogP contribution in [0.25, 0.3) is 0 Å². The topological polar surface area (TPSA) is 41.6 Å². The Morgan fingerprint density at radius 3 is 2.74 bits per heavy atom. The number of carbonyl (C=O) groups excluding carboxylic acids is 1. The molecule has 1 atom stereocenters. The highest BCUT2D eigenvalue weighted by atomic mass is 19.1. The summed E-state index contributed by atoms with van der Waals surface area (Å²) in [6.07, 6.45) is 1.45. The molecule has 5 heteroatoms. The summed E-state index contributed by atoms with van der Waals surface area (Å²) in [7, 11) is 0. The van der Waals surface area contributed by atoms with Crippen molar-refractivity contribution in [3.8, 4) is 0 Å². The monoisotopic (exact) mass is 264 g/mol. The number of amides is 1. The molecule has 1 aromatic carbocycles. The van der Waals surface area contributed by atoms with E-state index in [2.05, 4.69) is 5.32 Å². The smallest absolute Gasteiger partial charge is 0.414 e. The second-order valence-electron chi connectivity index (χ2n) is 5.07. The van der Waals surface area contributed by atoms with Gasteiger partial charge in [0.25, 0.3) is 0 Å². The van der Waals surface area contributed by atoms with Crippen LogP contribution < -0.4 is 10.2 Å². The summed E-state index contributed by atoms with van der Waals surface area (Å²) in [6.45, 7) is 2.36. The fraction of sp³-hybridized carbons (Fsp3) is 0.500. The molecular formula is C14H17FN2O2. The Kier molecular flexibility index (Phi) is 3.38. The average molecular weight is 264 g/mol. The van der Waals surface area contributed by atoms with Gasteiger partial charge in [-0.05, 0) is 38.1 Å². The zero-order chi connectivity index (χ0) is 13.2. The highest BCUT2D eigenvalue weighted by Crippen LogP contribution is 2.29. The van der Waals surface area contributed by atoms with Crippen molar-refractivity contribution < 1.29 is 13.9 Å². The Labute approximate surface area is 111 Å². The van der Waals surface area contributed by atoms with Crippen molar-refractivity contribution in [1.82, 2.24) is 5.32 Å². The van der Waals surface area contributed by atoms with Gasteiger partial charge in [-0.2, -0.15) is 0 Å². The Hall–Kier alpha value is -1.62. The van der Waals surface area contributed by atoms with Crippen LogP contribution in [-0.4, -0.2) is 31.8 Å². The van der Waals surface area contributed by atoms with E-state index < -0.39 is 6.09 Å². The van der Waals surface area contributed by atoms with Crippen molar-refractivity contribution in [3.05, 3.63) is 30.1 Å². The van der Waals surface area contributed by atoms with Crippen LogP contribution in [0.5, 0.6) is 0 Å². The molecular weight excluding hydrogens is 247 g/mol. The van der Waals surface area contributed by atoms with Crippen LogP contribution in [0.3, 0.4) is 0 Å². The normalized spacial score (nSPS) is 24.6. The molecule has 2 aliphatic rings. The molecule has 0 aliphatic carbocycles. The lowest BCUT2D eigenvalue weighted by Crippen LogP contribution is -2.36. The van der Waals surface area contributed by atoms with Crippen LogP contribution in [0, 0.1) is 11.7 Å². The van der Waals surface area contributed by atoms with E-state index in [9.17, 15) is 9.18 Å². The van der Waals surface area contributed by atoms with E-state index in [0.29, 0.717) is 18.2 Å². The lowest BCUT2D eigenvalue weighted by molar-refractivity contribution is 0.0919. The first-order valence-electron chi connectivity index (χ1n) is 6.69. The van der Waals surface area contributed by atoms with Gasteiger partial charge in [0, 0.05) is 5.92 Å². The van der Waals surface area contributed by atoms with E-state index in [1.807, 2.05) is 0 Å². The number of benzene rings is 1. The van der Waals surface area contributed by atoms with Crippen LogP contribution in [0.15, 0.2) is 24.3 Å². The molecule has 1 unspecified atom stereocenters. The largest absolute Gasteiger partial charge is 0.444 e. The van der Waals surface area contributed by atoms with Crippen molar-refractivity contribution in [2.75, 3.05) is 24.5 Å². The minimum atomic E-state index is -0.436. The zero-order valence-corrected chi connectivity index (χ0v) is 10.6. The molecule has 2 heterocycles. The molecule has 19 heavy (non-hydrogen) atoms. The number of hydrogen-bond acceptors (Lipinski definition) is 3. The fourth-order valence-corrected chi connectivity index (χ4v) is 2.81. The van der Waals surface area contributed by atoms with Gasteiger partial charge in [-0.3, -0.25) is 4.90 Å². The van der Waals surface area contributed by atoms with Crippen molar-refractivity contribution in [1.29, 1.82) is 0 Å². The maximum atomic E-state index is 13.7. The number of halogens is 1. The summed E-state index contributed by atoms with van der Waals surface area (Å²) >= 11 is 0. The van der Waals surface area contributed by atoms with Crippen LogP contribution in [0.2, 0.25) is 0 Å². The molecule has 0 bridgehead atoms. The summed E-state index contributed by atoms with van der Waals surface area (Å²) < 4.78 is 19.1. The van der Waals surface area contributed by atoms with Crippen molar-refractivity contribution >= 4 is 11.8 Å². The SMILES string of the molecule is O=C1OC(C2CCNCC2)CN1c1ccccc1F. The summed E-state index contributed by atoms with van der Waals surface area (Å²) in [4.78, 5) is 13.3. The minimum absolute atomic E-state index is 0.116. The van der Waals surface area contributed by atoms with Crippen molar-refractivity contribution in [3.63, 3.8) is 0 Å². The van der Waals surface area contributed by atoms with E-state index in [1.54, 1.807) is 18.2 Å². The highest BCUT2D eigenvalue weighted by molar-refractivity contribution is 5.89. The molecule has 1 aromatic rings. The van der Waals surface area contributed by atoms with Crippen LogP contribution >= 0.6 is 0 Å². The number of cyclic esters (lactones) is 1. The molecule has 0 saturated carbocycles. The molecule has 2 aliphatic heterocycles. The molecule has 1 N–H and O–H groups in total. The van der Waals surface area contributed by atoms with E-state index in [-0.39, 0.29) is 11.9 Å². The quantitative estimate of drug-likeness (QED) is 0.890. The predicted molar refractivity (Wildman–Crippen MR) is 69.6 cm³/mol. The predicted octanol–water partition coefficient (Wildman–Crippen LogP) is 2.15. The van der Waals surface area contributed by atoms with Crippen LogP contribution in [0.4, 0.5) is 14.9 Å². The Balaban J connectivity index is 1.75. The summed E-state index contributed by atoms with van der Waals surface area (Å²) in [5.74, 6) is -0.00705. The van der Waals surface area contributed by atoms with E-state index in [0.717, 1.165) is 25.9 Å². The lowest BCUT2D eigenvalue weighted by Gasteiger charge is -2.26. The summed E-state index contributed by atoms with van der Waals surface area (Å²) in [6, 6.07) is 6.32. The fourth-order valence-electron chi connectivity index (χ4n) is 2.81. The van der Waals surface area contributed by atoms with Crippen molar-refractivity contribution in [2.24, 2.45) is 5.92 Å². The third-order valence-corrected chi connectivity index (χ3v) is 3.89. The molecule has 0 spiro atoms. The van der Waals surface area contributed by atoms with Gasteiger partial charge in [-0.1, -0.05) is 12.1 Å². The number of anilines is 1. The maximum Gasteiger partial charge on any atom is 0.414 e. The van der Waals surface area contributed by atoms with Gasteiger partial charge in [0.1, 0.15) is 11.9 Å². The van der Waals surface area contributed by atoms with Gasteiger partial charge >= 0.3 is 6.09 Å². The number of rotatable bonds is 2. The molecule has 0 aromatic heterocycles. The molecule has 3 rings (SSSR count). The summed E-state index contributed by atoms with van der Waals surface area (Å²) in [5, 5.41) is 3.29. The maximum absolute atomic E-state index is 13.7. The Morgan fingerprint density at radius 2 is 2.00 bits per heavy atom. The molecule has 102 valence electrons. The third kappa shape index (κ3) is 2.42.